The van der Waals surface area contributed by atoms with Gasteiger partial charge in [-0.15, -0.1) is 6.58 Å². The van der Waals surface area contributed by atoms with Crippen molar-refractivity contribution < 1.29 is 4.74 Å². The van der Waals surface area contributed by atoms with Crippen molar-refractivity contribution in [1.29, 1.82) is 0 Å². The molecule has 2 heteroatoms. The van der Waals surface area contributed by atoms with Gasteiger partial charge in [0, 0.05) is 5.02 Å². The molecule has 0 N–H and O–H groups in total. The van der Waals surface area contributed by atoms with Gasteiger partial charge in [0.15, 0.2) is 0 Å². The van der Waals surface area contributed by atoms with Crippen LogP contribution in [0.1, 0.15) is 24.5 Å². The largest absolute Gasteiger partial charge is 0.366 e. The lowest BCUT2D eigenvalue weighted by Gasteiger charge is -2.11. The van der Waals surface area contributed by atoms with Crippen molar-refractivity contribution in [3.63, 3.8) is 0 Å². The number of ether oxygens (including phenoxy) is 1. The molecule has 1 aliphatic rings. The summed E-state index contributed by atoms with van der Waals surface area (Å²) in [5.41, 5.74) is 1.21. The van der Waals surface area contributed by atoms with E-state index in [1.807, 2.05) is 30.3 Å². The fraction of sp³-hybridized carbons (Fsp3) is 0.333. The highest BCUT2D eigenvalue weighted by molar-refractivity contribution is 6.30. The zero-order valence-electron chi connectivity index (χ0n) is 7.95. The molecule has 0 saturated carbocycles. The van der Waals surface area contributed by atoms with Crippen LogP contribution in [0.15, 0.2) is 36.9 Å². The molecule has 1 heterocycles. The molecule has 2 atom stereocenters. The van der Waals surface area contributed by atoms with Crippen molar-refractivity contribution in [2.45, 2.75) is 25.0 Å². The van der Waals surface area contributed by atoms with Crippen LogP contribution in [-0.4, -0.2) is 6.10 Å². The van der Waals surface area contributed by atoms with Gasteiger partial charge in [0.05, 0.1) is 12.2 Å². The molecule has 0 aliphatic carbocycles. The van der Waals surface area contributed by atoms with Gasteiger partial charge in [-0.3, -0.25) is 0 Å². The van der Waals surface area contributed by atoms with Crippen LogP contribution in [0.25, 0.3) is 0 Å². The molecule has 1 aromatic carbocycles. The SMILES string of the molecule is C=C[C@H]1CC[C@H](c2ccc(Cl)cc2)O1. The van der Waals surface area contributed by atoms with E-state index in [1.54, 1.807) is 0 Å². The highest BCUT2D eigenvalue weighted by atomic mass is 35.5. The minimum absolute atomic E-state index is 0.218. The summed E-state index contributed by atoms with van der Waals surface area (Å²) in [6.45, 7) is 3.74. The third-order valence-corrected chi connectivity index (χ3v) is 2.81. The van der Waals surface area contributed by atoms with E-state index >= 15 is 0 Å². The lowest BCUT2D eigenvalue weighted by atomic mass is 10.1. The molecule has 14 heavy (non-hydrogen) atoms. The van der Waals surface area contributed by atoms with E-state index in [9.17, 15) is 0 Å². The first kappa shape index (κ1) is 9.75. The van der Waals surface area contributed by atoms with Gasteiger partial charge >= 0.3 is 0 Å². The van der Waals surface area contributed by atoms with Crippen molar-refractivity contribution in [2.24, 2.45) is 0 Å². The first-order valence-corrected chi connectivity index (χ1v) is 5.21. The molecule has 1 aromatic rings. The van der Waals surface area contributed by atoms with Gasteiger partial charge in [-0.25, -0.2) is 0 Å². The van der Waals surface area contributed by atoms with Gasteiger partial charge < -0.3 is 4.74 Å². The van der Waals surface area contributed by atoms with Gasteiger partial charge in [-0.1, -0.05) is 29.8 Å². The predicted molar refractivity (Wildman–Crippen MR) is 58.5 cm³/mol. The van der Waals surface area contributed by atoms with Gasteiger partial charge in [0.25, 0.3) is 0 Å². The molecule has 74 valence electrons. The monoisotopic (exact) mass is 208 g/mol. The molecular weight excluding hydrogens is 196 g/mol. The van der Waals surface area contributed by atoms with Crippen molar-refractivity contribution >= 4 is 11.6 Å². The van der Waals surface area contributed by atoms with Crippen LogP contribution in [0.4, 0.5) is 0 Å². The molecule has 0 amide bonds. The summed E-state index contributed by atoms with van der Waals surface area (Å²) in [5, 5.41) is 0.770. The summed E-state index contributed by atoms with van der Waals surface area (Å²) >= 11 is 5.82. The molecule has 1 aliphatic heterocycles. The summed E-state index contributed by atoms with van der Waals surface area (Å²) in [7, 11) is 0. The smallest absolute Gasteiger partial charge is 0.0834 e. The quantitative estimate of drug-likeness (QED) is 0.673. The fourth-order valence-electron chi connectivity index (χ4n) is 1.76. The average Bonchev–Trinajstić information content (AvgIpc) is 2.67. The van der Waals surface area contributed by atoms with E-state index in [0.29, 0.717) is 0 Å². The summed E-state index contributed by atoms with van der Waals surface area (Å²) < 4.78 is 5.78. The molecule has 1 saturated heterocycles. The van der Waals surface area contributed by atoms with Crippen LogP contribution in [-0.2, 0) is 4.74 Å². The predicted octanol–water partition coefficient (Wildman–Crippen LogP) is 3.75. The molecule has 0 aromatic heterocycles. The first-order chi connectivity index (χ1) is 6.79. The molecule has 1 fully saturated rings. The Morgan fingerprint density at radius 3 is 2.57 bits per heavy atom. The number of halogens is 1. The van der Waals surface area contributed by atoms with Crippen LogP contribution in [0.2, 0.25) is 5.02 Å². The Balaban J connectivity index is 2.09. The summed E-state index contributed by atoms with van der Waals surface area (Å²) in [5.74, 6) is 0. The molecular formula is C12H13ClO. The Kier molecular flexibility index (Phi) is 2.90. The topological polar surface area (TPSA) is 9.23 Å². The Hall–Kier alpha value is -0.790. The fourth-order valence-corrected chi connectivity index (χ4v) is 1.88. The van der Waals surface area contributed by atoms with Crippen molar-refractivity contribution in [2.75, 3.05) is 0 Å². The van der Waals surface area contributed by atoms with E-state index in [0.717, 1.165) is 17.9 Å². The van der Waals surface area contributed by atoms with Crippen molar-refractivity contribution in [3.8, 4) is 0 Å². The van der Waals surface area contributed by atoms with Crippen molar-refractivity contribution in [1.82, 2.24) is 0 Å². The number of benzene rings is 1. The highest BCUT2D eigenvalue weighted by Gasteiger charge is 2.23. The second kappa shape index (κ2) is 4.16. The van der Waals surface area contributed by atoms with E-state index < -0.39 is 0 Å². The standard InChI is InChI=1S/C12H13ClO/c1-2-11-7-8-12(14-11)9-3-5-10(13)6-4-9/h2-6,11-12H,1,7-8H2/t11-,12+/m0/s1. The van der Waals surface area contributed by atoms with E-state index in [1.165, 1.54) is 5.56 Å². The van der Waals surface area contributed by atoms with E-state index in [2.05, 4.69) is 6.58 Å². The second-order valence-corrected chi connectivity index (χ2v) is 3.96. The van der Waals surface area contributed by atoms with Gasteiger partial charge in [-0.05, 0) is 30.5 Å². The minimum atomic E-state index is 0.218. The molecule has 2 rings (SSSR count). The average molecular weight is 209 g/mol. The molecule has 0 bridgehead atoms. The second-order valence-electron chi connectivity index (χ2n) is 3.53. The molecule has 1 nitrogen and oxygen atoms in total. The van der Waals surface area contributed by atoms with Gasteiger partial charge in [-0.2, -0.15) is 0 Å². The van der Waals surface area contributed by atoms with Crippen molar-refractivity contribution in [3.05, 3.63) is 47.5 Å². The zero-order valence-corrected chi connectivity index (χ0v) is 8.70. The van der Waals surface area contributed by atoms with Crippen LogP contribution in [0.5, 0.6) is 0 Å². The third-order valence-electron chi connectivity index (χ3n) is 2.56. The first-order valence-electron chi connectivity index (χ1n) is 4.83. The lowest BCUT2D eigenvalue weighted by molar-refractivity contribution is 0.0713. The number of hydrogen-bond acceptors (Lipinski definition) is 1. The zero-order chi connectivity index (χ0) is 9.97. The normalized spacial score (nSPS) is 26.4. The summed E-state index contributed by atoms with van der Waals surface area (Å²) in [6, 6.07) is 7.86. The maximum atomic E-state index is 5.82. The Morgan fingerprint density at radius 1 is 1.29 bits per heavy atom. The van der Waals surface area contributed by atoms with Crippen LogP contribution in [0, 0.1) is 0 Å². The Labute approximate surface area is 89.3 Å². The van der Waals surface area contributed by atoms with Gasteiger partial charge in [0.1, 0.15) is 0 Å². The Bertz CT molecular complexity index is 318. The number of rotatable bonds is 2. The summed E-state index contributed by atoms with van der Waals surface area (Å²) in [4.78, 5) is 0. The van der Waals surface area contributed by atoms with E-state index in [4.69, 9.17) is 16.3 Å². The third kappa shape index (κ3) is 1.99. The van der Waals surface area contributed by atoms with Gasteiger partial charge in [0.2, 0.25) is 0 Å². The maximum Gasteiger partial charge on any atom is 0.0834 e. The lowest BCUT2D eigenvalue weighted by Crippen LogP contribution is -2.01. The Morgan fingerprint density at radius 2 is 2.00 bits per heavy atom. The number of hydrogen-bond donors (Lipinski definition) is 0. The van der Waals surface area contributed by atoms with Crippen LogP contribution >= 0.6 is 11.6 Å². The van der Waals surface area contributed by atoms with E-state index in [-0.39, 0.29) is 12.2 Å². The van der Waals surface area contributed by atoms with Crippen LogP contribution < -0.4 is 0 Å². The highest BCUT2D eigenvalue weighted by Crippen LogP contribution is 2.33. The molecule has 0 spiro atoms. The summed E-state index contributed by atoms with van der Waals surface area (Å²) in [6.07, 6.45) is 4.44. The van der Waals surface area contributed by atoms with Crippen LogP contribution in [0.3, 0.4) is 0 Å². The minimum Gasteiger partial charge on any atom is -0.366 e. The molecule has 0 radical (unpaired) electrons. The molecule has 0 unspecified atom stereocenters. The maximum absolute atomic E-state index is 5.82.